The van der Waals surface area contributed by atoms with E-state index in [9.17, 15) is 9.18 Å². The third-order valence-corrected chi connectivity index (χ3v) is 6.68. The molecule has 0 spiro atoms. The quantitative estimate of drug-likeness (QED) is 0.280. The summed E-state index contributed by atoms with van der Waals surface area (Å²) in [4.78, 5) is 12.4. The Morgan fingerprint density at radius 1 is 1.12 bits per heavy atom. The molecule has 5 nitrogen and oxygen atoms in total. The van der Waals surface area contributed by atoms with Crippen molar-refractivity contribution in [2.75, 3.05) is 11.1 Å². The maximum absolute atomic E-state index is 13.0. The van der Waals surface area contributed by atoms with Crippen molar-refractivity contribution < 1.29 is 9.18 Å². The van der Waals surface area contributed by atoms with Crippen LogP contribution in [0.4, 0.5) is 10.1 Å². The van der Waals surface area contributed by atoms with Crippen molar-refractivity contribution in [3.05, 3.63) is 84.0 Å². The van der Waals surface area contributed by atoms with E-state index < -0.39 is 0 Å². The molecule has 3 rings (SSSR count). The molecule has 8 heteroatoms. The summed E-state index contributed by atoms with van der Waals surface area (Å²) in [5.41, 5.74) is 3.07. The molecule has 0 radical (unpaired) electrons. The van der Waals surface area contributed by atoms with E-state index in [0.717, 1.165) is 22.8 Å². The molecule has 0 aliphatic heterocycles. The Balaban J connectivity index is 1.54. The van der Waals surface area contributed by atoms with Crippen LogP contribution >= 0.6 is 23.5 Å². The summed E-state index contributed by atoms with van der Waals surface area (Å²) in [6.45, 7) is 8.66. The van der Waals surface area contributed by atoms with E-state index in [1.54, 1.807) is 30.0 Å². The van der Waals surface area contributed by atoms with Crippen LogP contribution in [0.5, 0.6) is 0 Å². The third kappa shape index (κ3) is 6.97. The van der Waals surface area contributed by atoms with Gasteiger partial charge in [0, 0.05) is 18.0 Å². The molecule has 0 atom stereocenters. The Labute approximate surface area is 196 Å². The molecule has 0 aliphatic carbocycles. The van der Waals surface area contributed by atoms with Gasteiger partial charge in [0.2, 0.25) is 5.91 Å². The van der Waals surface area contributed by atoms with Crippen LogP contribution in [0.1, 0.15) is 36.7 Å². The lowest BCUT2D eigenvalue weighted by atomic mass is 10.0. The van der Waals surface area contributed by atoms with Crippen molar-refractivity contribution in [1.82, 2.24) is 14.8 Å². The van der Waals surface area contributed by atoms with Gasteiger partial charge in [-0.1, -0.05) is 56.0 Å². The minimum Gasteiger partial charge on any atom is -0.325 e. The smallest absolute Gasteiger partial charge is 0.234 e. The van der Waals surface area contributed by atoms with Gasteiger partial charge in [0.05, 0.1) is 11.5 Å². The van der Waals surface area contributed by atoms with Crippen LogP contribution in [-0.4, -0.2) is 26.4 Å². The molecule has 2 aromatic carbocycles. The fourth-order valence-corrected chi connectivity index (χ4v) is 4.66. The first-order valence-corrected chi connectivity index (χ1v) is 12.5. The van der Waals surface area contributed by atoms with Gasteiger partial charge in [0.1, 0.15) is 11.6 Å². The summed E-state index contributed by atoms with van der Waals surface area (Å²) >= 11 is 3.03. The summed E-state index contributed by atoms with van der Waals surface area (Å²) < 4.78 is 15.0. The Bertz CT molecular complexity index is 1030. The molecule has 1 amide bonds. The standard InChI is InChI=1S/C24H27FN4OS2/c1-4-13-29-22(15-31-14-18-5-9-20(25)10-6-18)27-28-24(29)32-16-23(30)26-21-11-7-19(8-12-21)17(2)3/h4-12,17H,1,13-16H2,2-3H3,(H,26,30). The number of carbonyl (C=O) groups excluding carboxylic acids is 1. The highest BCUT2D eigenvalue weighted by atomic mass is 32.2. The Morgan fingerprint density at radius 3 is 2.50 bits per heavy atom. The first-order chi connectivity index (χ1) is 15.5. The summed E-state index contributed by atoms with van der Waals surface area (Å²) in [6.07, 6.45) is 1.79. The highest BCUT2D eigenvalue weighted by Crippen LogP contribution is 2.23. The fourth-order valence-electron chi connectivity index (χ4n) is 2.96. The van der Waals surface area contributed by atoms with Gasteiger partial charge >= 0.3 is 0 Å². The molecule has 32 heavy (non-hydrogen) atoms. The highest BCUT2D eigenvalue weighted by molar-refractivity contribution is 7.99. The second-order valence-corrected chi connectivity index (χ2v) is 9.46. The molecule has 0 saturated heterocycles. The average Bonchev–Trinajstić information content (AvgIpc) is 3.16. The zero-order valence-electron chi connectivity index (χ0n) is 18.3. The Morgan fingerprint density at radius 2 is 1.84 bits per heavy atom. The molecular formula is C24H27FN4OS2. The normalized spacial score (nSPS) is 11.0. The van der Waals surface area contributed by atoms with Gasteiger partial charge < -0.3 is 9.88 Å². The molecule has 0 saturated carbocycles. The van der Waals surface area contributed by atoms with Gasteiger partial charge in [0.25, 0.3) is 0 Å². The minimum absolute atomic E-state index is 0.0901. The van der Waals surface area contributed by atoms with E-state index in [-0.39, 0.29) is 17.5 Å². The van der Waals surface area contributed by atoms with Gasteiger partial charge in [-0.25, -0.2) is 4.39 Å². The maximum atomic E-state index is 13.0. The molecule has 3 aromatic rings. The lowest BCUT2D eigenvalue weighted by Crippen LogP contribution is -2.14. The molecule has 0 aliphatic rings. The SMILES string of the molecule is C=CCn1c(CSCc2ccc(F)cc2)nnc1SCC(=O)Nc1ccc(C(C)C)cc1. The van der Waals surface area contributed by atoms with Crippen molar-refractivity contribution in [1.29, 1.82) is 0 Å². The number of rotatable bonds is 11. The van der Waals surface area contributed by atoms with Gasteiger partial charge in [-0.05, 0) is 41.3 Å². The topological polar surface area (TPSA) is 59.8 Å². The number of carbonyl (C=O) groups is 1. The van der Waals surface area contributed by atoms with Crippen LogP contribution in [0, 0.1) is 5.82 Å². The number of anilines is 1. The molecule has 168 valence electrons. The van der Waals surface area contributed by atoms with E-state index in [0.29, 0.717) is 23.4 Å². The third-order valence-electron chi connectivity index (χ3n) is 4.71. The number of thioether (sulfide) groups is 2. The number of halogens is 1. The minimum atomic E-state index is -0.234. The monoisotopic (exact) mass is 470 g/mol. The van der Waals surface area contributed by atoms with Crippen molar-refractivity contribution in [3.63, 3.8) is 0 Å². The van der Waals surface area contributed by atoms with Gasteiger partial charge in [0.15, 0.2) is 5.16 Å². The fraction of sp³-hybridized carbons (Fsp3) is 0.292. The van der Waals surface area contributed by atoms with Crippen molar-refractivity contribution in [2.45, 2.75) is 43.0 Å². The van der Waals surface area contributed by atoms with Gasteiger partial charge in [-0.2, -0.15) is 0 Å². The lowest BCUT2D eigenvalue weighted by Gasteiger charge is -2.09. The van der Waals surface area contributed by atoms with Crippen LogP contribution in [0.25, 0.3) is 0 Å². The molecule has 1 aromatic heterocycles. The van der Waals surface area contributed by atoms with Crippen LogP contribution in [0.15, 0.2) is 66.3 Å². The molecule has 1 heterocycles. The Hall–Kier alpha value is -2.58. The van der Waals surface area contributed by atoms with Gasteiger partial charge in [-0.15, -0.1) is 28.5 Å². The van der Waals surface area contributed by atoms with Crippen LogP contribution < -0.4 is 5.32 Å². The summed E-state index contributed by atoms with van der Waals surface area (Å²) in [7, 11) is 0. The number of hydrogen-bond donors (Lipinski definition) is 1. The number of benzene rings is 2. The Kier molecular flexibility index (Phi) is 8.93. The zero-order chi connectivity index (χ0) is 22.9. The van der Waals surface area contributed by atoms with Crippen molar-refractivity contribution >= 4 is 35.1 Å². The van der Waals surface area contributed by atoms with E-state index in [1.165, 1.54) is 29.5 Å². The van der Waals surface area contributed by atoms with E-state index >= 15 is 0 Å². The zero-order valence-corrected chi connectivity index (χ0v) is 19.9. The second-order valence-electron chi connectivity index (χ2n) is 7.53. The largest absolute Gasteiger partial charge is 0.325 e. The number of allylic oxidation sites excluding steroid dienone is 1. The van der Waals surface area contributed by atoms with E-state index in [2.05, 4.69) is 35.9 Å². The predicted molar refractivity (Wildman–Crippen MR) is 132 cm³/mol. The van der Waals surface area contributed by atoms with Crippen LogP contribution in [0.2, 0.25) is 0 Å². The maximum Gasteiger partial charge on any atom is 0.234 e. The summed E-state index contributed by atoms with van der Waals surface area (Å²) in [5, 5.41) is 12.2. The van der Waals surface area contributed by atoms with Crippen LogP contribution in [0.3, 0.4) is 0 Å². The molecule has 0 unspecified atom stereocenters. The second kappa shape index (κ2) is 11.9. The predicted octanol–water partition coefficient (Wildman–Crippen LogP) is 5.89. The lowest BCUT2D eigenvalue weighted by molar-refractivity contribution is -0.113. The number of amides is 1. The summed E-state index contributed by atoms with van der Waals surface area (Å²) in [6, 6.07) is 14.4. The molecular weight excluding hydrogens is 443 g/mol. The molecule has 0 bridgehead atoms. The van der Waals surface area contributed by atoms with E-state index in [1.807, 2.05) is 28.8 Å². The number of nitrogens with one attached hydrogen (secondary N) is 1. The first-order valence-electron chi connectivity index (χ1n) is 10.3. The van der Waals surface area contributed by atoms with E-state index in [4.69, 9.17) is 0 Å². The van der Waals surface area contributed by atoms with Crippen molar-refractivity contribution in [3.8, 4) is 0 Å². The van der Waals surface area contributed by atoms with Gasteiger partial charge in [-0.3, -0.25) is 4.79 Å². The highest BCUT2D eigenvalue weighted by Gasteiger charge is 2.14. The first kappa shape index (κ1) is 24.1. The molecule has 1 N–H and O–H groups in total. The average molecular weight is 471 g/mol. The number of hydrogen-bond acceptors (Lipinski definition) is 5. The van der Waals surface area contributed by atoms with Crippen molar-refractivity contribution in [2.24, 2.45) is 0 Å². The van der Waals surface area contributed by atoms with Crippen LogP contribution in [-0.2, 0) is 22.8 Å². The number of nitrogens with zero attached hydrogens (tertiary/aromatic N) is 3. The number of aromatic nitrogens is 3. The molecule has 0 fully saturated rings. The summed E-state index contributed by atoms with van der Waals surface area (Å²) in [5.74, 6) is 2.60.